The summed E-state index contributed by atoms with van der Waals surface area (Å²) in [5.74, 6) is -0.0760. The number of amides is 1. The number of methoxy groups -OCH3 is 2. The van der Waals surface area contributed by atoms with Gasteiger partial charge in [-0.1, -0.05) is 0 Å². The Balaban J connectivity index is 1.79. The van der Waals surface area contributed by atoms with Crippen LogP contribution in [0.1, 0.15) is 30.1 Å². The molecule has 1 saturated heterocycles. The first-order chi connectivity index (χ1) is 14.9. The number of pyridine rings is 1. The van der Waals surface area contributed by atoms with Crippen LogP contribution in [0.25, 0.3) is 0 Å². The van der Waals surface area contributed by atoms with Crippen LogP contribution in [0, 0.1) is 5.82 Å². The molecule has 2 N–H and O–H groups in total. The first kappa shape index (κ1) is 21.2. The lowest BCUT2D eigenvalue weighted by Crippen LogP contribution is -2.37. The van der Waals surface area contributed by atoms with Gasteiger partial charge >= 0.3 is 6.09 Å². The molecule has 4 heterocycles. The van der Waals surface area contributed by atoms with Gasteiger partial charge in [0.25, 0.3) is 0 Å². The van der Waals surface area contributed by atoms with Crippen molar-refractivity contribution >= 4 is 23.4 Å². The minimum atomic E-state index is -0.642. The van der Waals surface area contributed by atoms with Gasteiger partial charge in [0, 0.05) is 50.6 Å². The van der Waals surface area contributed by atoms with Gasteiger partial charge < -0.3 is 29.7 Å². The number of rotatable bonds is 4. The topological polar surface area (TPSA) is 108 Å². The number of aromatic nitrogens is 3. The second-order valence-electron chi connectivity index (χ2n) is 7.62. The maximum atomic E-state index is 14.2. The lowest BCUT2D eigenvalue weighted by molar-refractivity contribution is 0.0649. The van der Waals surface area contributed by atoms with Crippen LogP contribution >= 0.6 is 0 Å². The van der Waals surface area contributed by atoms with Crippen LogP contribution in [0.3, 0.4) is 0 Å². The summed E-state index contributed by atoms with van der Waals surface area (Å²) in [5, 5.41) is 4.91. The fraction of sp³-hybridized carbons (Fsp3) is 0.550. The van der Waals surface area contributed by atoms with Gasteiger partial charge in [0.15, 0.2) is 17.5 Å². The molecule has 0 atom stereocenters. The van der Waals surface area contributed by atoms with Crippen LogP contribution in [0.5, 0.6) is 5.88 Å². The molecular formula is C20H27FN6O4. The number of hydrogen-bond donors (Lipinski definition) is 1. The number of hydrogen-bond acceptors (Lipinski definition) is 8. The molecule has 2 aliphatic heterocycles. The van der Waals surface area contributed by atoms with Crippen LogP contribution in [0.2, 0.25) is 0 Å². The van der Waals surface area contributed by atoms with Gasteiger partial charge in [-0.05, 0) is 12.8 Å². The highest BCUT2D eigenvalue weighted by Gasteiger charge is 2.33. The Kier molecular flexibility index (Phi) is 5.86. The van der Waals surface area contributed by atoms with Crippen molar-refractivity contribution in [3.8, 4) is 5.88 Å². The van der Waals surface area contributed by atoms with Crippen molar-refractivity contribution < 1.29 is 23.4 Å². The van der Waals surface area contributed by atoms with Crippen LogP contribution in [-0.2, 0) is 22.4 Å². The monoisotopic (exact) mass is 434 g/mol. The largest absolute Gasteiger partial charge is 0.479 e. The summed E-state index contributed by atoms with van der Waals surface area (Å²) < 4.78 is 32.0. The molecule has 2 aromatic heterocycles. The summed E-state index contributed by atoms with van der Waals surface area (Å²) in [5.41, 5.74) is 7.96. The van der Waals surface area contributed by atoms with E-state index in [1.54, 1.807) is 16.8 Å². The number of carbonyl (C=O) groups is 1. The van der Waals surface area contributed by atoms with Crippen LogP contribution in [0.15, 0.2) is 6.07 Å². The third kappa shape index (κ3) is 3.85. The van der Waals surface area contributed by atoms with Gasteiger partial charge in [-0.25, -0.2) is 9.18 Å². The quantitative estimate of drug-likeness (QED) is 0.781. The molecule has 0 aliphatic carbocycles. The third-order valence-electron chi connectivity index (χ3n) is 5.86. The van der Waals surface area contributed by atoms with Gasteiger partial charge in [0.2, 0.25) is 5.88 Å². The van der Waals surface area contributed by atoms with Crippen molar-refractivity contribution in [2.24, 2.45) is 0 Å². The Morgan fingerprint density at radius 2 is 2.10 bits per heavy atom. The molecule has 10 nitrogen and oxygen atoms in total. The maximum absolute atomic E-state index is 14.2. The van der Waals surface area contributed by atoms with Gasteiger partial charge in [-0.3, -0.25) is 4.68 Å². The predicted octanol–water partition coefficient (Wildman–Crippen LogP) is 2.25. The second kappa shape index (κ2) is 8.58. The number of halogens is 1. The molecule has 11 heteroatoms. The molecule has 4 rings (SSSR count). The number of nitrogens with two attached hydrogens (primary N) is 1. The zero-order valence-corrected chi connectivity index (χ0v) is 17.9. The zero-order chi connectivity index (χ0) is 22.1. The highest BCUT2D eigenvalue weighted by molar-refractivity contribution is 5.71. The molecule has 0 bridgehead atoms. The van der Waals surface area contributed by atoms with E-state index in [-0.39, 0.29) is 17.7 Å². The number of carbonyl (C=O) groups excluding carboxylic acids is 1. The number of nitrogen functional groups attached to an aromatic ring is 1. The van der Waals surface area contributed by atoms with E-state index in [1.807, 2.05) is 4.68 Å². The SMILES string of the molecule is COC(=O)N1CCc2c(c(N(C)c3cc(F)c(N)nc3OC)nn2C2CCOCC2)C1. The van der Waals surface area contributed by atoms with Gasteiger partial charge in [-0.2, -0.15) is 10.1 Å². The summed E-state index contributed by atoms with van der Waals surface area (Å²) >= 11 is 0. The van der Waals surface area contributed by atoms with Crippen LogP contribution in [-0.4, -0.2) is 66.8 Å². The molecular weight excluding hydrogens is 407 g/mol. The summed E-state index contributed by atoms with van der Waals surface area (Å²) in [6.07, 6.45) is 1.98. The van der Waals surface area contributed by atoms with Crippen molar-refractivity contribution in [3.05, 3.63) is 23.1 Å². The lowest BCUT2D eigenvalue weighted by Gasteiger charge is -2.29. The summed E-state index contributed by atoms with van der Waals surface area (Å²) in [6, 6.07) is 1.49. The van der Waals surface area contributed by atoms with E-state index in [9.17, 15) is 9.18 Å². The van der Waals surface area contributed by atoms with E-state index in [0.717, 1.165) is 24.1 Å². The number of anilines is 3. The number of fused-ring (bicyclic) bond motifs is 1. The molecule has 168 valence electrons. The highest BCUT2D eigenvalue weighted by atomic mass is 19.1. The van der Waals surface area contributed by atoms with E-state index < -0.39 is 11.9 Å². The van der Waals surface area contributed by atoms with Crippen molar-refractivity contribution in [3.63, 3.8) is 0 Å². The number of ether oxygens (including phenoxy) is 3. The molecule has 0 saturated carbocycles. The van der Waals surface area contributed by atoms with E-state index in [2.05, 4.69) is 4.98 Å². The van der Waals surface area contributed by atoms with Gasteiger partial charge in [-0.15, -0.1) is 0 Å². The highest BCUT2D eigenvalue weighted by Crippen LogP contribution is 2.38. The Labute approximate surface area is 179 Å². The van der Waals surface area contributed by atoms with Crippen LogP contribution < -0.4 is 15.4 Å². The maximum Gasteiger partial charge on any atom is 0.409 e. The normalized spacial score (nSPS) is 16.7. The first-order valence-electron chi connectivity index (χ1n) is 10.2. The third-order valence-corrected chi connectivity index (χ3v) is 5.86. The molecule has 0 unspecified atom stereocenters. The standard InChI is InChI=1S/C20H27FN6O4/c1-25(16-10-14(21)17(22)23-19(16)29-2)18-13-11-26(20(28)30-3)7-4-15(13)27(24-18)12-5-8-31-9-6-12/h10,12H,4-9,11H2,1-3H3,(H2,22,23). The first-order valence-corrected chi connectivity index (χ1v) is 10.2. The Bertz CT molecular complexity index is 975. The molecule has 0 radical (unpaired) electrons. The van der Waals surface area contributed by atoms with Gasteiger partial charge in [0.05, 0.1) is 26.8 Å². The average molecular weight is 434 g/mol. The molecule has 2 aliphatic rings. The molecule has 0 aromatic carbocycles. The average Bonchev–Trinajstić information content (AvgIpc) is 3.19. The predicted molar refractivity (Wildman–Crippen MR) is 111 cm³/mol. The fourth-order valence-electron chi connectivity index (χ4n) is 4.19. The summed E-state index contributed by atoms with van der Waals surface area (Å²) in [6.45, 7) is 2.25. The van der Waals surface area contributed by atoms with Gasteiger partial charge in [0.1, 0.15) is 5.69 Å². The van der Waals surface area contributed by atoms with Crippen molar-refractivity contribution in [1.82, 2.24) is 19.7 Å². The lowest BCUT2D eigenvalue weighted by atomic mass is 10.0. The molecule has 1 fully saturated rings. The Morgan fingerprint density at radius 1 is 1.35 bits per heavy atom. The number of nitrogens with zero attached hydrogens (tertiary/aromatic N) is 5. The Morgan fingerprint density at radius 3 is 2.77 bits per heavy atom. The molecule has 31 heavy (non-hydrogen) atoms. The van der Waals surface area contributed by atoms with E-state index in [1.165, 1.54) is 20.3 Å². The van der Waals surface area contributed by atoms with Crippen LogP contribution in [0.4, 0.5) is 26.5 Å². The summed E-state index contributed by atoms with van der Waals surface area (Å²) in [4.78, 5) is 19.5. The minimum Gasteiger partial charge on any atom is -0.479 e. The van der Waals surface area contributed by atoms with E-state index >= 15 is 0 Å². The van der Waals surface area contributed by atoms with Crippen molar-refractivity contribution in [1.29, 1.82) is 0 Å². The summed E-state index contributed by atoms with van der Waals surface area (Å²) in [7, 11) is 4.58. The Hall–Kier alpha value is -3.08. The molecule has 2 aromatic rings. The van der Waals surface area contributed by atoms with E-state index in [4.69, 9.17) is 25.0 Å². The minimum absolute atomic E-state index is 0.191. The molecule has 0 spiro atoms. The van der Waals surface area contributed by atoms with Crippen molar-refractivity contribution in [2.45, 2.75) is 31.8 Å². The van der Waals surface area contributed by atoms with Crippen molar-refractivity contribution in [2.75, 3.05) is 51.7 Å². The zero-order valence-electron chi connectivity index (χ0n) is 17.9. The molecule has 1 amide bonds. The second-order valence-corrected chi connectivity index (χ2v) is 7.62. The van der Waals surface area contributed by atoms with E-state index in [0.29, 0.717) is 44.2 Å². The smallest absolute Gasteiger partial charge is 0.409 e. The fourth-order valence-corrected chi connectivity index (χ4v) is 4.19.